The maximum absolute atomic E-state index is 5.42. The van der Waals surface area contributed by atoms with E-state index in [0.717, 1.165) is 30.1 Å². The molecule has 0 saturated carbocycles. The fourth-order valence-electron chi connectivity index (χ4n) is 2.30. The zero-order chi connectivity index (χ0) is 13.8. The minimum absolute atomic E-state index is 0.393. The van der Waals surface area contributed by atoms with E-state index < -0.39 is 0 Å². The largest absolute Gasteiger partial charge is 0.481 e. The van der Waals surface area contributed by atoms with Gasteiger partial charge in [0.1, 0.15) is 0 Å². The summed E-state index contributed by atoms with van der Waals surface area (Å²) in [5, 5.41) is 10.1. The molecule has 2 aromatic heterocycles. The molecule has 0 aliphatic carbocycles. The van der Waals surface area contributed by atoms with Crippen molar-refractivity contribution in [2.24, 2.45) is 7.05 Å². The van der Waals surface area contributed by atoms with Crippen molar-refractivity contribution in [2.45, 2.75) is 32.9 Å². The van der Waals surface area contributed by atoms with Crippen molar-refractivity contribution in [3.8, 4) is 5.88 Å². The van der Waals surface area contributed by atoms with Crippen LogP contribution in [0.2, 0.25) is 0 Å². The molecule has 0 spiro atoms. The summed E-state index contributed by atoms with van der Waals surface area (Å²) >= 11 is 1.80. The normalized spacial score (nSPS) is 12.6. The lowest BCUT2D eigenvalue weighted by atomic mass is 10.1. The number of thiophene rings is 1. The van der Waals surface area contributed by atoms with Gasteiger partial charge in [-0.05, 0) is 24.8 Å². The van der Waals surface area contributed by atoms with E-state index in [1.807, 2.05) is 14.0 Å². The number of hydrogen-bond acceptors (Lipinski definition) is 4. The van der Waals surface area contributed by atoms with Gasteiger partial charge in [-0.3, -0.25) is 0 Å². The second kappa shape index (κ2) is 6.21. The molecule has 1 atom stereocenters. The Morgan fingerprint density at radius 1 is 1.53 bits per heavy atom. The van der Waals surface area contributed by atoms with E-state index in [1.165, 1.54) is 4.88 Å². The zero-order valence-electron chi connectivity index (χ0n) is 11.9. The van der Waals surface area contributed by atoms with Crippen LogP contribution in [0.5, 0.6) is 5.88 Å². The highest BCUT2D eigenvalue weighted by atomic mass is 32.1. The first-order valence-corrected chi connectivity index (χ1v) is 7.38. The molecule has 0 aliphatic rings. The molecule has 4 nitrogen and oxygen atoms in total. The smallest absolute Gasteiger partial charge is 0.216 e. The number of ether oxygens (including phenoxy) is 1. The van der Waals surface area contributed by atoms with Gasteiger partial charge in [0, 0.05) is 24.5 Å². The Morgan fingerprint density at radius 3 is 2.89 bits per heavy atom. The van der Waals surface area contributed by atoms with E-state index >= 15 is 0 Å². The van der Waals surface area contributed by atoms with Crippen molar-refractivity contribution < 1.29 is 4.74 Å². The average Bonchev–Trinajstić information content (AvgIpc) is 2.99. The third-order valence-electron chi connectivity index (χ3n) is 3.30. The Labute approximate surface area is 118 Å². The summed E-state index contributed by atoms with van der Waals surface area (Å²) in [4.78, 5) is 1.38. The second-order valence-electron chi connectivity index (χ2n) is 4.55. The Bertz CT molecular complexity index is 519. The Morgan fingerprint density at radius 2 is 2.32 bits per heavy atom. The van der Waals surface area contributed by atoms with Crippen LogP contribution in [0.15, 0.2) is 17.5 Å². The molecule has 1 N–H and O–H groups in total. The third-order valence-corrected chi connectivity index (χ3v) is 4.29. The molecule has 0 radical (unpaired) electrons. The minimum Gasteiger partial charge on any atom is -0.481 e. The predicted octanol–water partition coefficient (Wildman–Crippen LogP) is 3.04. The lowest BCUT2D eigenvalue weighted by molar-refractivity contribution is 0.366. The Kier molecular flexibility index (Phi) is 4.61. The third kappa shape index (κ3) is 2.98. The van der Waals surface area contributed by atoms with Crippen molar-refractivity contribution in [3.05, 3.63) is 33.6 Å². The minimum atomic E-state index is 0.393. The molecule has 0 amide bonds. The maximum atomic E-state index is 5.42. The lowest BCUT2D eigenvalue weighted by Crippen LogP contribution is -2.20. The van der Waals surface area contributed by atoms with Crippen LogP contribution in [0.25, 0.3) is 0 Å². The summed E-state index contributed by atoms with van der Waals surface area (Å²) in [5.74, 6) is 0.839. The molecule has 19 heavy (non-hydrogen) atoms. The van der Waals surface area contributed by atoms with Gasteiger partial charge in [-0.2, -0.15) is 5.10 Å². The fraction of sp³-hybridized carbons (Fsp3) is 0.500. The van der Waals surface area contributed by atoms with E-state index in [1.54, 1.807) is 23.1 Å². The number of aryl methyl sites for hydroxylation is 2. The highest BCUT2D eigenvalue weighted by Gasteiger charge is 2.16. The number of nitrogens with zero attached hydrogens (tertiary/aromatic N) is 2. The number of rotatable bonds is 6. The van der Waals surface area contributed by atoms with Gasteiger partial charge >= 0.3 is 0 Å². The van der Waals surface area contributed by atoms with Crippen molar-refractivity contribution in [1.29, 1.82) is 0 Å². The molecule has 0 fully saturated rings. The van der Waals surface area contributed by atoms with E-state index in [9.17, 15) is 0 Å². The van der Waals surface area contributed by atoms with Gasteiger partial charge in [0.2, 0.25) is 5.88 Å². The first-order valence-electron chi connectivity index (χ1n) is 6.50. The summed E-state index contributed by atoms with van der Waals surface area (Å²) in [6.07, 6.45) is 1.07. The first kappa shape index (κ1) is 14.1. The maximum Gasteiger partial charge on any atom is 0.216 e. The monoisotopic (exact) mass is 279 g/mol. The van der Waals surface area contributed by atoms with E-state index in [4.69, 9.17) is 4.74 Å². The van der Waals surface area contributed by atoms with Crippen molar-refractivity contribution >= 4 is 11.3 Å². The number of aromatic nitrogens is 2. The van der Waals surface area contributed by atoms with Gasteiger partial charge in [-0.15, -0.1) is 11.3 Å². The molecule has 0 saturated heterocycles. The molecule has 2 heterocycles. The zero-order valence-corrected chi connectivity index (χ0v) is 12.8. The Hall–Kier alpha value is -1.33. The van der Waals surface area contributed by atoms with Gasteiger partial charge in [0.15, 0.2) is 0 Å². The van der Waals surface area contributed by atoms with Crippen LogP contribution in [0, 0.1) is 6.92 Å². The highest BCUT2D eigenvalue weighted by molar-refractivity contribution is 7.10. The SMILES string of the molecule is CCC(NCc1c(C)nn(C)c1OC)c1cccs1. The van der Waals surface area contributed by atoms with Crippen LogP contribution in [-0.2, 0) is 13.6 Å². The van der Waals surface area contributed by atoms with Crippen LogP contribution in [0.3, 0.4) is 0 Å². The number of hydrogen-bond donors (Lipinski definition) is 1. The molecule has 1 unspecified atom stereocenters. The molecule has 0 bridgehead atoms. The standard InChI is InChI=1S/C14H21N3OS/c1-5-12(13-7-6-8-19-13)15-9-11-10(2)16-17(3)14(11)18-4/h6-8,12,15H,5,9H2,1-4H3. The molecule has 5 heteroatoms. The summed E-state index contributed by atoms with van der Waals surface area (Å²) in [6.45, 7) is 5.00. The van der Waals surface area contributed by atoms with Crippen LogP contribution in [0.1, 0.15) is 35.5 Å². The van der Waals surface area contributed by atoms with E-state index in [2.05, 4.69) is 34.9 Å². The van der Waals surface area contributed by atoms with Gasteiger partial charge < -0.3 is 10.1 Å². The molecule has 0 aliphatic heterocycles. The van der Waals surface area contributed by atoms with Crippen molar-refractivity contribution in [2.75, 3.05) is 7.11 Å². The molecular weight excluding hydrogens is 258 g/mol. The fourth-order valence-corrected chi connectivity index (χ4v) is 3.19. The van der Waals surface area contributed by atoms with E-state index in [0.29, 0.717) is 6.04 Å². The van der Waals surface area contributed by atoms with Crippen LogP contribution in [0.4, 0.5) is 0 Å². The van der Waals surface area contributed by atoms with Gasteiger partial charge in [0.05, 0.1) is 18.4 Å². The average molecular weight is 279 g/mol. The van der Waals surface area contributed by atoms with Crippen LogP contribution >= 0.6 is 11.3 Å². The van der Waals surface area contributed by atoms with Crippen molar-refractivity contribution in [3.63, 3.8) is 0 Å². The topological polar surface area (TPSA) is 39.1 Å². The summed E-state index contributed by atoms with van der Waals surface area (Å²) in [7, 11) is 3.60. The van der Waals surface area contributed by atoms with Crippen molar-refractivity contribution in [1.82, 2.24) is 15.1 Å². The van der Waals surface area contributed by atoms with Crippen LogP contribution in [-0.4, -0.2) is 16.9 Å². The summed E-state index contributed by atoms with van der Waals surface area (Å²) < 4.78 is 7.21. The van der Waals surface area contributed by atoms with Gasteiger partial charge in [-0.25, -0.2) is 4.68 Å². The molecule has 2 rings (SSSR count). The quantitative estimate of drug-likeness (QED) is 0.883. The van der Waals surface area contributed by atoms with Crippen LogP contribution < -0.4 is 10.1 Å². The summed E-state index contributed by atoms with van der Waals surface area (Å²) in [6, 6.07) is 4.67. The van der Waals surface area contributed by atoms with E-state index in [-0.39, 0.29) is 0 Å². The number of nitrogens with one attached hydrogen (secondary N) is 1. The molecular formula is C14H21N3OS. The molecule has 0 aromatic carbocycles. The predicted molar refractivity (Wildman–Crippen MR) is 78.7 cm³/mol. The Balaban J connectivity index is 2.10. The first-order chi connectivity index (χ1) is 9.17. The highest BCUT2D eigenvalue weighted by Crippen LogP contribution is 2.25. The summed E-state index contributed by atoms with van der Waals surface area (Å²) in [5.41, 5.74) is 2.16. The lowest BCUT2D eigenvalue weighted by Gasteiger charge is -2.15. The van der Waals surface area contributed by atoms with Gasteiger partial charge in [-0.1, -0.05) is 13.0 Å². The second-order valence-corrected chi connectivity index (χ2v) is 5.53. The molecule has 2 aromatic rings. The number of methoxy groups -OCH3 is 1. The van der Waals surface area contributed by atoms with Gasteiger partial charge in [0.25, 0.3) is 0 Å². The molecule has 104 valence electrons.